The van der Waals surface area contributed by atoms with Crippen molar-refractivity contribution in [3.8, 4) is 5.75 Å². The zero-order valence-corrected chi connectivity index (χ0v) is 24.6. The molecule has 0 saturated carbocycles. The first kappa shape index (κ1) is 29.0. The van der Waals surface area contributed by atoms with Crippen LogP contribution in [0.3, 0.4) is 0 Å². The van der Waals surface area contributed by atoms with Crippen molar-refractivity contribution in [3.05, 3.63) is 106 Å². The lowest BCUT2D eigenvalue weighted by Crippen LogP contribution is -2.55. The summed E-state index contributed by atoms with van der Waals surface area (Å²) in [6.07, 6.45) is 7.57. The average molecular weight is 619 g/mol. The van der Waals surface area contributed by atoms with Crippen LogP contribution < -0.4 is 10.2 Å². The second-order valence-electron chi connectivity index (χ2n) is 10.3. The molecular weight excluding hydrogens is 582 g/mol. The molecule has 2 aliphatic heterocycles. The number of ether oxygens (including phenoxy) is 2. The first-order valence-corrected chi connectivity index (χ1v) is 15.0. The van der Waals surface area contributed by atoms with Gasteiger partial charge in [-0.2, -0.15) is 0 Å². The molecule has 0 radical (unpaired) electrons. The number of halogens is 1. The summed E-state index contributed by atoms with van der Waals surface area (Å²) < 4.78 is 13.2. The van der Waals surface area contributed by atoms with Crippen LogP contribution in [0.25, 0.3) is 6.08 Å². The molecule has 0 unspecified atom stereocenters. The number of piperidine rings is 1. The van der Waals surface area contributed by atoms with Gasteiger partial charge >= 0.3 is 0 Å². The highest BCUT2D eigenvalue weighted by molar-refractivity contribution is 9.10. The number of amides is 1. The van der Waals surface area contributed by atoms with E-state index in [1.165, 1.54) is 6.42 Å². The Bertz CT molecular complexity index is 1360. The van der Waals surface area contributed by atoms with Gasteiger partial charge in [0.05, 0.1) is 6.61 Å². The van der Waals surface area contributed by atoms with E-state index in [0.717, 1.165) is 47.1 Å². The average Bonchev–Trinajstić information content (AvgIpc) is 3.39. The third kappa shape index (κ3) is 7.07. The molecule has 5 rings (SSSR count). The van der Waals surface area contributed by atoms with Crippen molar-refractivity contribution in [2.75, 3.05) is 26.3 Å². The minimum absolute atomic E-state index is 0.0828. The number of nitrogens with zero attached hydrogens (tertiary/aromatic N) is 2. The minimum atomic E-state index is -1.24. The Labute approximate surface area is 250 Å². The molecule has 214 valence electrons. The lowest BCUT2D eigenvalue weighted by atomic mass is 9.84. The first-order valence-electron chi connectivity index (χ1n) is 14.2. The maximum Gasteiger partial charge on any atom is 0.266 e. The normalized spacial score (nSPS) is 20.9. The fourth-order valence-electron chi connectivity index (χ4n) is 5.16. The highest BCUT2D eigenvalue weighted by Crippen LogP contribution is 2.45. The fourth-order valence-corrected chi connectivity index (χ4v) is 5.66. The summed E-state index contributed by atoms with van der Waals surface area (Å²) >= 11 is 3.70. The number of aliphatic hydroxyl groups excluding tert-OH is 1. The number of carbonyl (C=O) groups is 1. The van der Waals surface area contributed by atoms with Gasteiger partial charge < -0.3 is 14.6 Å². The summed E-state index contributed by atoms with van der Waals surface area (Å²) in [7, 11) is 0. The Kier molecular flexibility index (Phi) is 9.88. The van der Waals surface area contributed by atoms with Gasteiger partial charge in [0.25, 0.3) is 5.91 Å². The molecule has 7 nitrogen and oxygen atoms in total. The zero-order valence-electron chi connectivity index (χ0n) is 23.0. The lowest BCUT2D eigenvalue weighted by Gasteiger charge is -2.34. The van der Waals surface area contributed by atoms with Crippen LogP contribution in [0, 0.1) is 0 Å². The highest BCUT2D eigenvalue weighted by Gasteiger charge is 2.53. The quantitative estimate of drug-likeness (QED) is 0.255. The van der Waals surface area contributed by atoms with Gasteiger partial charge in [-0.3, -0.25) is 10.2 Å². The molecule has 3 aromatic carbocycles. The molecule has 2 aliphatic rings. The second kappa shape index (κ2) is 13.9. The highest BCUT2D eigenvalue weighted by atomic mass is 79.9. The number of nitrogens with one attached hydrogen (secondary N) is 1. The van der Waals surface area contributed by atoms with Crippen molar-refractivity contribution in [1.82, 2.24) is 10.4 Å². The molecule has 8 heteroatoms. The number of aliphatic hydroxyl groups is 1. The van der Waals surface area contributed by atoms with Crippen LogP contribution in [0.4, 0.5) is 0 Å². The van der Waals surface area contributed by atoms with Crippen molar-refractivity contribution in [2.24, 2.45) is 4.99 Å². The van der Waals surface area contributed by atoms with Gasteiger partial charge in [-0.25, -0.2) is 10.0 Å². The van der Waals surface area contributed by atoms with Crippen molar-refractivity contribution >= 4 is 33.8 Å². The van der Waals surface area contributed by atoms with Crippen LogP contribution in [0.1, 0.15) is 54.9 Å². The van der Waals surface area contributed by atoms with Gasteiger partial charge in [-0.05, 0) is 48.7 Å². The maximum atomic E-state index is 14.3. The van der Waals surface area contributed by atoms with E-state index < -0.39 is 11.6 Å². The molecule has 2 heterocycles. The Morgan fingerprint density at radius 2 is 1.78 bits per heavy atom. The Morgan fingerprint density at radius 3 is 2.51 bits per heavy atom. The SMILES string of the molecule is O=C(NN1CCCCC1)[C@@]1(C/C=C/c2ccccc2)N=C(c2ccc(OCCCO)cc2)O[C@H]1c1ccccc1Br. The van der Waals surface area contributed by atoms with Gasteiger partial charge in [-0.15, -0.1) is 0 Å². The van der Waals surface area contributed by atoms with Crippen molar-refractivity contribution in [3.63, 3.8) is 0 Å². The summed E-state index contributed by atoms with van der Waals surface area (Å²) in [6, 6.07) is 25.4. The topological polar surface area (TPSA) is 83.4 Å². The number of hydrazine groups is 1. The number of aliphatic imine (C=N–C) groups is 1. The molecule has 0 aliphatic carbocycles. The van der Waals surface area contributed by atoms with E-state index in [-0.39, 0.29) is 12.5 Å². The Morgan fingerprint density at radius 1 is 1.05 bits per heavy atom. The smallest absolute Gasteiger partial charge is 0.266 e. The van der Waals surface area contributed by atoms with Crippen LogP contribution in [-0.4, -0.2) is 53.8 Å². The first-order chi connectivity index (χ1) is 20.1. The van der Waals surface area contributed by atoms with E-state index in [2.05, 4.69) is 21.4 Å². The molecule has 1 amide bonds. The summed E-state index contributed by atoms with van der Waals surface area (Å²) in [5, 5.41) is 11.0. The molecule has 41 heavy (non-hydrogen) atoms. The van der Waals surface area contributed by atoms with Gasteiger partial charge in [0.1, 0.15) is 5.75 Å². The second-order valence-corrected chi connectivity index (χ2v) is 11.2. The molecule has 1 saturated heterocycles. The zero-order chi connectivity index (χ0) is 28.5. The summed E-state index contributed by atoms with van der Waals surface area (Å²) in [4.78, 5) is 19.4. The largest absolute Gasteiger partial charge is 0.494 e. The standard InChI is InChI=1S/C33H36BrN3O4/c34-29-15-6-5-14-28(29)30-33(20-9-13-25-11-3-1-4-12-25,32(39)36-37-21-7-2-8-22-37)35-31(41-30)26-16-18-27(19-17-26)40-24-10-23-38/h1,3-6,9,11-19,30,38H,2,7-8,10,20-24H2,(H,36,39)/b13-9+/t30-,33-/m0/s1. The fraction of sp³-hybridized carbons (Fsp3) is 0.333. The number of rotatable bonds is 11. The van der Waals surface area contributed by atoms with Gasteiger partial charge in [0.15, 0.2) is 11.6 Å². The lowest BCUT2D eigenvalue weighted by molar-refractivity contribution is -0.134. The molecule has 2 N–H and O–H groups in total. The predicted molar refractivity (Wildman–Crippen MR) is 165 cm³/mol. The van der Waals surface area contributed by atoms with Crippen LogP contribution in [0.15, 0.2) is 94.4 Å². The maximum absolute atomic E-state index is 14.3. The molecule has 2 atom stereocenters. The van der Waals surface area contributed by atoms with E-state index in [4.69, 9.17) is 19.6 Å². The molecule has 3 aromatic rings. The molecule has 0 bridgehead atoms. The van der Waals surface area contributed by atoms with Crippen molar-refractivity contribution in [2.45, 2.75) is 43.7 Å². The van der Waals surface area contributed by atoms with Gasteiger partial charge in [0.2, 0.25) is 5.90 Å². The van der Waals surface area contributed by atoms with E-state index in [1.54, 1.807) is 0 Å². The third-order valence-corrected chi connectivity index (χ3v) is 8.09. The molecule has 1 fully saturated rings. The van der Waals surface area contributed by atoms with Crippen LogP contribution in [0.5, 0.6) is 5.75 Å². The Balaban J connectivity index is 1.53. The van der Waals surface area contributed by atoms with Gasteiger partial charge in [-0.1, -0.05) is 83.0 Å². The molecule has 0 aromatic heterocycles. The summed E-state index contributed by atoms with van der Waals surface area (Å²) in [5.41, 5.74) is 4.63. The van der Waals surface area contributed by atoms with Crippen molar-refractivity contribution in [1.29, 1.82) is 0 Å². The van der Waals surface area contributed by atoms with Crippen molar-refractivity contribution < 1.29 is 19.4 Å². The summed E-state index contributed by atoms with van der Waals surface area (Å²) in [5.74, 6) is 0.925. The van der Waals surface area contributed by atoms with E-state index in [1.807, 2.05) is 96.0 Å². The Hall–Kier alpha value is -3.46. The van der Waals surface area contributed by atoms with E-state index in [9.17, 15) is 4.79 Å². The van der Waals surface area contributed by atoms with Crippen LogP contribution >= 0.6 is 15.9 Å². The minimum Gasteiger partial charge on any atom is -0.494 e. The summed E-state index contributed by atoms with van der Waals surface area (Å²) in [6.45, 7) is 2.15. The molecular formula is C33H36BrN3O4. The third-order valence-electron chi connectivity index (χ3n) is 7.37. The number of hydrogen-bond acceptors (Lipinski definition) is 6. The van der Waals surface area contributed by atoms with Gasteiger partial charge in [0, 0.05) is 48.1 Å². The van der Waals surface area contributed by atoms with E-state index >= 15 is 0 Å². The van der Waals surface area contributed by atoms with E-state index in [0.29, 0.717) is 31.1 Å². The predicted octanol–water partition coefficient (Wildman–Crippen LogP) is 6.09. The monoisotopic (exact) mass is 617 g/mol. The number of benzene rings is 3. The number of hydrogen-bond donors (Lipinski definition) is 2. The van der Waals surface area contributed by atoms with Crippen LogP contribution in [0.2, 0.25) is 0 Å². The number of carbonyl (C=O) groups excluding carboxylic acids is 1. The molecule has 0 spiro atoms. The van der Waals surface area contributed by atoms with Crippen LogP contribution in [-0.2, 0) is 9.53 Å².